The third-order valence-corrected chi connectivity index (χ3v) is 4.72. The van der Waals surface area contributed by atoms with E-state index in [4.69, 9.17) is 4.74 Å². The molecule has 25 heavy (non-hydrogen) atoms. The van der Waals surface area contributed by atoms with Crippen molar-refractivity contribution in [2.75, 3.05) is 18.6 Å². The summed E-state index contributed by atoms with van der Waals surface area (Å²) < 4.78 is 8.96. The van der Waals surface area contributed by atoms with Crippen molar-refractivity contribution in [3.05, 3.63) is 35.3 Å². The standard InChI is InChI=1S/C17H20N4O3S/c1-24-14-8-4-7-13(9-14)21(17(23)15-11-25-20-19-15)10-16(22)18-12-5-2-3-6-12/h4,7-9,11-12H,2-3,5-6,10H2,1H3,(H,18,22). The molecule has 0 atom stereocenters. The zero-order chi connectivity index (χ0) is 17.6. The number of aromatic nitrogens is 2. The van der Waals surface area contributed by atoms with E-state index in [-0.39, 0.29) is 30.1 Å². The number of nitrogens with one attached hydrogen (secondary N) is 1. The topological polar surface area (TPSA) is 84.4 Å². The van der Waals surface area contributed by atoms with Crippen LogP contribution in [-0.4, -0.2) is 41.1 Å². The quantitative estimate of drug-likeness (QED) is 0.854. The number of nitrogens with zero attached hydrogens (tertiary/aromatic N) is 3. The fourth-order valence-electron chi connectivity index (χ4n) is 2.94. The second-order valence-electron chi connectivity index (χ2n) is 5.93. The second-order valence-corrected chi connectivity index (χ2v) is 6.54. The van der Waals surface area contributed by atoms with Crippen molar-refractivity contribution in [1.82, 2.24) is 14.9 Å². The molecule has 0 saturated heterocycles. The first-order chi connectivity index (χ1) is 12.2. The van der Waals surface area contributed by atoms with Crippen molar-refractivity contribution in [1.29, 1.82) is 0 Å². The molecule has 0 radical (unpaired) electrons. The molecule has 0 bridgehead atoms. The number of amides is 2. The number of methoxy groups -OCH3 is 1. The Labute approximate surface area is 150 Å². The Morgan fingerprint density at radius 2 is 2.16 bits per heavy atom. The highest BCUT2D eigenvalue weighted by Crippen LogP contribution is 2.23. The number of carbonyl (C=O) groups is 2. The summed E-state index contributed by atoms with van der Waals surface area (Å²) in [6, 6.07) is 7.26. The van der Waals surface area contributed by atoms with Crippen LogP contribution in [-0.2, 0) is 4.79 Å². The lowest BCUT2D eigenvalue weighted by molar-refractivity contribution is -0.120. The lowest BCUT2D eigenvalue weighted by atomic mass is 10.2. The minimum Gasteiger partial charge on any atom is -0.497 e. The maximum atomic E-state index is 12.8. The normalized spacial score (nSPS) is 14.3. The molecule has 1 fully saturated rings. The molecule has 1 aliphatic carbocycles. The second kappa shape index (κ2) is 8.06. The molecular formula is C17H20N4O3S. The van der Waals surface area contributed by atoms with Gasteiger partial charge >= 0.3 is 0 Å². The van der Waals surface area contributed by atoms with Gasteiger partial charge in [0, 0.05) is 23.2 Å². The first kappa shape index (κ1) is 17.3. The predicted molar refractivity (Wildman–Crippen MR) is 95.0 cm³/mol. The van der Waals surface area contributed by atoms with E-state index < -0.39 is 0 Å². The van der Waals surface area contributed by atoms with E-state index in [0.29, 0.717) is 11.4 Å². The monoisotopic (exact) mass is 360 g/mol. The molecule has 0 unspecified atom stereocenters. The summed E-state index contributed by atoms with van der Waals surface area (Å²) in [4.78, 5) is 26.6. The Morgan fingerprint density at radius 3 is 2.84 bits per heavy atom. The van der Waals surface area contributed by atoms with Crippen LogP contribution in [0.25, 0.3) is 0 Å². The SMILES string of the molecule is COc1cccc(N(CC(=O)NC2CCCC2)C(=O)c2csnn2)c1. The van der Waals surface area contributed by atoms with Gasteiger partial charge in [0.25, 0.3) is 5.91 Å². The average Bonchev–Trinajstić information content (AvgIpc) is 3.33. The highest BCUT2D eigenvalue weighted by atomic mass is 32.1. The van der Waals surface area contributed by atoms with Gasteiger partial charge in [-0.1, -0.05) is 23.4 Å². The third-order valence-electron chi connectivity index (χ3n) is 4.21. The van der Waals surface area contributed by atoms with Gasteiger partial charge in [-0.05, 0) is 36.5 Å². The van der Waals surface area contributed by atoms with Gasteiger partial charge in [0.15, 0.2) is 5.69 Å². The highest BCUT2D eigenvalue weighted by molar-refractivity contribution is 7.03. The molecule has 1 aromatic carbocycles. The average molecular weight is 360 g/mol. The van der Waals surface area contributed by atoms with Crippen LogP contribution in [0.5, 0.6) is 5.75 Å². The first-order valence-corrected chi connectivity index (χ1v) is 9.03. The molecule has 1 saturated carbocycles. The molecule has 1 aliphatic rings. The van der Waals surface area contributed by atoms with Crippen LogP contribution in [0.3, 0.4) is 0 Å². The Morgan fingerprint density at radius 1 is 1.36 bits per heavy atom. The van der Waals surface area contributed by atoms with Crippen molar-refractivity contribution in [2.45, 2.75) is 31.7 Å². The molecule has 1 N–H and O–H groups in total. The summed E-state index contributed by atoms with van der Waals surface area (Å²) in [6.45, 7) is -0.0694. The molecule has 1 heterocycles. The van der Waals surface area contributed by atoms with E-state index >= 15 is 0 Å². The van der Waals surface area contributed by atoms with Gasteiger partial charge in [-0.2, -0.15) is 0 Å². The lowest BCUT2D eigenvalue weighted by Crippen LogP contribution is -2.43. The molecule has 8 heteroatoms. The summed E-state index contributed by atoms with van der Waals surface area (Å²) in [5, 5.41) is 8.41. The van der Waals surface area contributed by atoms with Crippen molar-refractivity contribution in [3.8, 4) is 5.75 Å². The zero-order valence-electron chi connectivity index (χ0n) is 14.0. The molecule has 1 aromatic heterocycles. The number of hydrogen-bond acceptors (Lipinski definition) is 6. The van der Waals surface area contributed by atoms with Crippen LogP contribution in [0, 0.1) is 0 Å². The molecule has 7 nitrogen and oxygen atoms in total. The lowest BCUT2D eigenvalue weighted by Gasteiger charge is -2.23. The summed E-state index contributed by atoms with van der Waals surface area (Å²) in [6.07, 6.45) is 4.26. The summed E-state index contributed by atoms with van der Waals surface area (Å²) in [5.74, 6) is 0.0812. The van der Waals surface area contributed by atoms with E-state index in [9.17, 15) is 9.59 Å². The summed E-state index contributed by atoms with van der Waals surface area (Å²) >= 11 is 1.10. The Kier molecular flexibility index (Phi) is 5.60. The minimum absolute atomic E-state index is 0.0694. The van der Waals surface area contributed by atoms with Crippen molar-refractivity contribution < 1.29 is 14.3 Å². The Bertz CT molecular complexity index is 729. The van der Waals surface area contributed by atoms with Crippen LogP contribution in [0.4, 0.5) is 5.69 Å². The minimum atomic E-state index is -0.358. The van der Waals surface area contributed by atoms with E-state index in [1.165, 1.54) is 4.90 Å². The van der Waals surface area contributed by atoms with Crippen LogP contribution in [0.1, 0.15) is 36.2 Å². The number of anilines is 1. The maximum Gasteiger partial charge on any atom is 0.280 e. The largest absolute Gasteiger partial charge is 0.497 e. The molecule has 3 rings (SSSR count). The number of hydrogen-bond donors (Lipinski definition) is 1. The predicted octanol–water partition coefficient (Wildman–Crippen LogP) is 2.25. The smallest absolute Gasteiger partial charge is 0.280 e. The van der Waals surface area contributed by atoms with Crippen LogP contribution < -0.4 is 15.0 Å². The van der Waals surface area contributed by atoms with Crippen molar-refractivity contribution in [3.63, 3.8) is 0 Å². The van der Waals surface area contributed by atoms with Gasteiger partial charge < -0.3 is 10.1 Å². The van der Waals surface area contributed by atoms with Gasteiger partial charge in [-0.15, -0.1) is 5.10 Å². The Hall–Kier alpha value is -2.48. The van der Waals surface area contributed by atoms with Gasteiger partial charge in [-0.25, -0.2) is 0 Å². The van der Waals surface area contributed by atoms with E-state index in [1.807, 2.05) is 0 Å². The number of rotatable bonds is 6. The number of carbonyl (C=O) groups excluding carboxylic acids is 2. The summed E-state index contributed by atoms with van der Waals surface area (Å²) in [7, 11) is 1.56. The molecular weight excluding hydrogens is 340 g/mol. The molecule has 2 amide bonds. The van der Waals surface area contributed by atoms with Crippen LogP contribution in [0.15, 0.2) is 29.6 Å². The van der Waals surface area contributed by atoms with Crippen LogP contribution >= 0.6 is 11.5 Å². The van der Waals surface area contributed by atoms with Crippen molar-refractivity contribution in [2.24, 2.45) is 0 Å². The van der Waals surface area contributed by atoms with E-state index in [1.54, 1.807) is 36.8 Å². The third kappa shape index (κ3) is 4.33. The fourth-order valence-corrected chi connectivity index (χ4v) is 3.37. The van der Waals surface area contributed by atoms with Crippen molar-refractivity contribution >= 4 is 29.0 Å². The van der Waals surface area contributed by atoms with Gasteiger partial charge in [0.2, 0.25) is 5.91 Å². The van der Waals surface area contributed by atoms with Gasteiger partial charge in [0.1, 0.15) is 12.3 Å². The van der Waals surface area contributed by atoms with Crippen LogP contribution in [0.2, 0.25) is 0 Å². The zero-order valence-corrected chi connectivity index (χ0v) is 14.8. The molecule has 0 aliphatic heterocycles. The van der Waals surface area contributed by atoms with E-state index in [0.717, 1.165) is 37.2 Å². The maximum absolute atomic E-state index is 12.8. The fraction of sp³-hybridized carbons (Fsp3) is 0.412. The van der Waals surface area contributed by atoms with E-state index in [2.05, 4.69) is 14.9 Å². The molecule has 2 aromatic rings. The van der Waals surface area contributed by atoms with Gasteiger partial charge in [0.05, 0.1) is 7.11 Å². The highest BCUT2D eigenvalue weighted by Gasteiger charge is 2.25. The number of benzene rings is 1. The molecule has 132 valence electrons. The van der Waals surface area contributed by atoms with Gasteiger partial charge in [-0.3, -0.25) is 14.5 Å². The molecule has 0 spiro atoms. The number of ether oxygens (including phenoxy) is 1. The summed E-state index contributed by atoms with van der Waals surface area (Å²) in [5.41, 5.74) is 0.806. The first-order valence-electron chi connectivity index (χ1n) is 8.19. The Balaban J connectivity index is 1.80.